The van der Waals surface area contributed by atoms with Gasteiger partial charge in [-0.25, -0.2) is 9.59 Å². The van der Waals surface area contributed by atoms with Crippen LogP contribution in [0.2, 0.25) is 0 Å². The first-order valence-electron chi connectivity index (χ1n) is 9.64. The third kappa shape index (κ3) is 5.34. The Morgan fingerprint density at radius 2 is 2.07 bits per heavy atom. The highest BCUT2D eigenvalue weighted by Gasteiger charge is 2.49. The van der Waals surface area contributed by atoms with Gasteiger partial charge in [-0.2, -0.15) is 0 Å². The second-order valence-corrected chi connectivity index (χ2v) is 7.67. The Bertz CT molecular complexity index is 668. The van der Waals surface area contributed by atoms with Gasteiger partial charge in [0.1, 0.15) is 0 Å². The summed E-state index contributed by atoms with van der Waals surface area (Å²) in [6.45, 7) is 13.3. The summed E-state index contributed by atoms with van der Waals surface area (Å²) in [5.74, 6) is -0.565. The SMILES string of the molecule is C=C/C(C)=C/C[C@H](OC(=O)/C=C/C(C)C)[C@@]1(C)OC(=O)C=C1N1CCCC1. The molecule has 0 aromatic rings. The molecule has 1 saturated heterocycles. The number of rotatable bonds is 8. The van der Waals surface area contributed by atoms with E-state index in [9.17, 15) is 9.59 Å². The van der Waals surface area contributed by atoms with Crippen LogP contribution in [0.3, 0.4) is 0 Å². The molecule has 0 radical (unpaired) electrons. The lowest BCUT2D eigenvalue weighted by atomic mass is 9.91. The van der Waals surface area contributed by atoms with Crippen molar-refractivity contribution in [3.63, 3.8) is 0 Å². The van der Waals surface area contributed by atoms with Crippen LogP contribution in [0.1, 0.15) is 47.0 Å². The van der Waals surface area contributed by atoms with Crippen molar-refractivity contribution in [3.8, 4) is 0 Å². The van der Waals surface area contributed by atoms with Crippen LogP contribution in [0, 0.1) is 5.92 Å². The van der Waals surface area contributed by atoms with E-state index in [2.05, 4.69) is 11.5 Å². The van der Waals surface area contributed by atoms with Crippen LogP contribution < -0.4 is 0 Å². The van der Waals surface area contributed by atoms with E-state index in [-0.39, 0.29) is 11.9 Å². The van der Waals surface area contributed by atoms with E-state index in [4.69, 9.17) is 9.47 Å². The molecule has 1 fully saturated rings. The first-order valence-corrected chi connectivity index (χ1v) is 9.64. The second kappa shape index (κ2) is 9.07. The number of hydrogen-bond donors (Lipinski definition) is 0. The van der Waals surface area contributed by atoms with Crippen molar-refractivity contribution < 1.29 is 19.1 Å². The van der Waals surface area contributed by atoms with Crippen molar-refractivity contribution in [1.82, 2.24) is 4.90 Å². The van der Waals surface area contributed by atoms with E-state index in [0.29, 0.717) is 6.42 Å². The average molecular weight is 373 g/mol. The molecule has 0 spiro atoms. The van der Waals surface area contributed by atoms with E-state index in [1.807, 2.05) is 33.8 Å². The lowest BCUT2D eigenvalue weighted by molar-refractivity contribution is -0.169. The Morgan fingerprint density at radius 3 is 2.67 bits per heavy atom. The standard InChI is InChI=1S/C22H31NO4/c1-6-17(4)10-11-19(26-20(24)12-9-16(2)3)22(5)18(15-21(25)27-22)23-13-7-8-14-23/h6,9-10,12,15-16,19H,1,7-8,11,13-14H2,2-5H3/b12-9+,17-10+/t19-,22-/m0/s1. The van der Waals surface area contributed by atoms with Gasteiger partial charge >= 0.3 is 11.9 Å². The summed E-state index contributed by atoms with van der Waals surface area (Å²) in [6, 6.07) is 0. The van der Waals surface area contributed by atoms with E-state index in [1.165, 1.54) is 6.08 Å². The Morgan fingerprint density at radius 1 is 1.41 bits per heavy atom. The van der Waals surface area contributed by atoms with Gasteiger partial charge in [0.2, 0.25) is 0 Å². The maximum absolute atomic E-state index is 12.4. The molecule has 0 aromatic carbocycles. The Kier molecular flexibility index (Phi) is 7.05. The zero-order chi connectivity index (χ0) is 20.0. The van der Waals surface area contributed by atoms with Crippen molar-refractivity contribution in [2.75, 3.05) is 13.1 Å². The smallest absolute Gasteiger partial charge is 0.333 e. The van der Waals surface area contributed by atoms with Crippen LogP contribution in [-0.4, -0.2) is 41.6 Å². The molecule has 0 saturated carbocycles. The number of cyclic esters (lactones) is 1. The average Bonchev–Trinajstić information content (AvgIpc) is 3.24. The molecular weight excluding hydrogens is 342 g/mol. The first-order chi connectivity index (χ1) is 12.8. The van der Waals surface area contributed by atoms with Gasteiger partial charge in [-0.05, 0) is 32.6 Å². The number of allylic oxidation sites excluding steroid dienone is 3. The summed E-state index contributed by atoms with van der Waals surface area (Å²) < 4.78 is 11.5. The molecule has 148 valence electrons. The molecule has 27 heavy (non-hydrogen) atoms. The van der Waals surface area contributed by atoms with E-state index in [1.54, 1.807) is 18.2 Å². The third-order valence-corrected chi connectivity index (χ3v) is 4.99. The predicted octanol–water partition coefficient (Wildman–Crippen LogP) is 3.93. The zero-order valence-corrected chi connectivity index (χ0v) is 16.9. The van der Waals surface area contributed by atoms with Crippen LogP contribution in [0.15, 0.2) is 48.2 Å². The molecule has 0 amide bonds. The molecule has 0 aromatic heterocycles. The predicted molar refractivity (Wildman–Crippen MR) is 106 cm³/mol. The second-order valence-electron chi connectivity index (χ2n) is 7.67. The van der Waals surface area contributed by atoms with E-state index in [0.717, 1.165) is 37.2 Å². The number of ether oxygens (including phenoxy) is 2. The van der Waals surface area contributed by atoms with Gasteiger partial charge in [0.25, 0.3) is 0 Å². The van der Waals surface area contributed by atoms with Crippen LogP contribution >= 0.6 is 0 Å². The highest BCUT2D eigenvalue weighted by molar-refractivity contribution is 5.87. The highest BCUT2D eigenvalue weighted by Crippen LogP contribution is 2.38. The van der Waals surface area contributed by atoms with Crippen LogP contribution in [-0.2, 0) is 19.1 Å². The van der Waals surface area contributed by atoms with Gasteiger partial charge in [0, 0.05) is 31.7 Å². The molecule has 0 aliphatic carbocycles. The molecule has 2 atom stereocenters. The largest absolute Gasteiger partial charge is 0.454 e. The van der Waals surface area contributed by atoms with Gasteiger partial charge in [0.05, 0.1) is 5.70 Å². The summed E-state index contributed by atoms with van der Waals surface area (Å²) in [7, 11) is 0. The molecule has 2 aliphatic heterocycles. The number of carbonyl (C=O) groups excluding carboxylic acids is 2. The fraction of sp³-hybridized carbons (Fsp3) is 0.545. The third-order valence-electron chi connectivity index (χ3n) is 4.99. The van der Waals surface area contributed by atoms with Gasteiger partial charge in [-0.1, -0.05) is 44.2 Å². The number of carbonyl (C=O) groups is 2. The summed E-state index contributed by atoms with van der Waals surface area (Å²) in [5.41, 5.74) is 0.787. The number of esters is 2. The molecule has 0 N–H and O–H groups in total. The Balaban J connectivity index is 2.29. The van der Waals surface area contributed by atoms with Gasteiger partial charge in [-0.3, -0.25) is 0 Å². The number of hydrogen-bond acceptors (Lipinski definition) is 5. The maximum Gasteiger partial charge on any atom is 0.333 e. The maximum atomic E-state index is 12.4. The van der Waals surface area contributed by atoms with E-state index < -0.39 is 17.7 Å². The number of nitrogens with zero attached hydrogens (tertiary/aromatic N) is 1. The van der Waals surface area contributed by atoms with Crippen molar-refractivity contribution in [1.29, 1.82) is 0 Å². The normalized spacial score (nSPS) is 24.3. The van der Waals surface area contributed by atoms with Crippen molar-refractivity contribution >= 4 is 11.9 Å². The molecule has 5 nitrogen and oxygen atoms in total. The van der Waals surface area contributed by atoms with Crippen LogP contribution in [0.25, 0.3) is 0 Å². The fourth-order valence-electron chi connectivity index (χ4n) is 3.35. The minimum absolute atomic E-state index is 0.249. The molecule has 2 rings (SSSR count). The van der Waals surface area contributed by atoms with Gasteiger partial charge in [-0.15, -0.1) is 0 Å². The van der Waals surface area contributed by atoms with Gasteiger partial charge in [0.15, 0.2) is 11.7 Å². The Hall–Kier alpha value is -2.30. The number of likely N-dealkylation sites (tertiary alicyclic amines) is 1. The van der Waals surface area contributed by atoms with Crippen molar-refractivity contribution in [2.45, 2.75) is 58.7 Å². The Labute approximate surface area is 162 Å². The molecule has 2 aliphatic rings. The monoisotopic (exact) mass is 373 g/mol. The van der Waals surface area contributed by atoms with Crippen LogP contribution in [0.5, 0.6) is 0 Å². The molecule has 5 heteroatoms. The lowest BCUT2D eigenvalue weighted by Gasteiger charge is -2.37. The summed E-state index contributed by atoms with van der Waals surface area (Å²) in [6.07, 6.45) is 10.5. The minimum atomic E-state index is -0.999. The molecule has 0 unspecified atom stereocenters. The quantitative estimate of drug-likeness (QED) is 0.367. The first kappa shape index (κ1) is 21.0. The molecular formula is C22H31NO4. The van der Waals surface area contributed by atoms with Crippen LogP contribution in [0.4, 0.5) is 0 Å². The van der Waals surface area contributed by atoms with Crippen molar-refractivity contribution in [2.24, 2.45) is 5.92 Å². The molecule has 2 heterocycles. The van der Waals surface area contributed by atoms with E-state index >= 15 is 0 Å². The summed E-state index contributed by atoms with van der Waals surface area (Å²) in [4.78, 5) is 26.6. The minimum Gasteiger partial charge on any atom is -0.454 e. The fourth-order valence-corrected chi connectivity index (χ4v) is 3.35. The summed E-state index contributed by atoms with van der Waals surface area (Å²) in [5, 5.41) is 0. The zero-order valence-electron chi connectivity index (χ0n) is 16.9. The lowest BCUT2D eigenvalue weighted by Crippen LogP contribution is -2.48. The van der Waals surface area contributed by atoms with Gasteiger partial charge < -0.3 is 14.4 Å². The summed E-state index contributed by atoms with van der Waals surface area (Å²) >= 11 is 0. The highest BCUT2D eigenvalue weighted by atomic mass is 16.6. The topological polar surface area (TPSA) is 55.8 Å². The molecule has 0 bridgehead atoms. The van der Waals surface area contributed by atoms with Crippen molar-refractivity contribution in [3.05, 3.63) is 48.2 Å².